The summed E-state index contributed by atoms with van der Waals surface area (Å²) in [6.07, 6.45) is 1.63. The molecular formula is C29H27FN4O2. The van der Waals surface area contributed by atoms with Gasteiger partial charge in [0.1, 0.15) is 5.82 Å². The molecule has 0 saturated carbocycles. The largest absolute Gasteiger partial charge is 0.334 e. The van der Waals surface area contributed by atoms with Crippen LogP contribution in [0.25, 0.3) is 17.0 Å². The smallest absolute Gasteiger partial charge is 0.322 e. The fraction of sp³-hybridized carbons (Fsp3) is 0.207. The minimum Gasteiger partial charge on any atom is -0.334 e. The Morgan fingerprint density at radius 3 is 2.50 bits per heavy atom. The van der Waals surface area contributed by atoms with E-state index in [9.17, 15) is 9.18 Å². The number of benzene rings is 3. The SMILES string of the molecule is CCc1ccc(-c2noc(C3=C(C)N(CCc4ccccc4)C(=O)NC3c3cccc(F)c3)n2)cc1. The number of aromatic nitrogens is 2. The van der Waals surface area contributed by atoms with Crippen LogP contribution in [0.2, 0.25) is 0 Å². The minimum atomic E-state index is -0.628. The lowest BCUT2D eigenvalue weighted by Crippen LogP contribution is -2.46. The van der Waals surface area contributed by atoms with Gasteiger partial charge in [0, 0.05) is 17.8 Å². The molecule has 1 atom stereocenters. The molecule has 36 heavy (non-hydrogen) atoms. The van der Waals surface area contributed by atoms with Gasteiger partial charge in [0.2, 0.25) is 5.82 Å². The van der Waals surface area contributed by atoms with Crippen molar-refractivity contribution < 1.29 is 13.7 Å². The second-order valence-electron chi connectivity index (χ2n) is 8.80. The Labute approximate surface area is 209 Å². The number of carbonyl (C=O) groups excluding carboxylic acids is 1. The summed E-state index contributed by atoms with van der Waals surface area (Å²) in [5, 5.41) is 7.23. The summed E-state index contributed by atoms with van der Waals surface area (Å²) < 4.78 is 19.9. The van der Waals surface area contributed by atoms with Crippen LogP contribution in [0.15, 0.2) is 89.1 Å². The summed E-state index contributed by atoms with van der Waals surface area (Å²) in [5.74, 6) is 0.368. The maximum Gasteiger partial charge on any atom is 0.322 e. The van der Waals surface area contributed by atoms with Gasteiger partial charge < -0.3 is 9.84 Å². The highest BCUT2D eigenvalue weighted by molar-refractivity contribution is 5.86. The maximum absolute atomic E-state index is 14.1. The maximum atomic E-state index is 14.1. The monoisotopic (exact) mass is 482 g/mol. The van der Waals surface area contributed by atoms with Crippen LogP contribution in [0.1, 0.15) is 42.5 Å². The van der Waals surface area contributed by atoms with Crippen LogP contribution in [0, 0.1) is 5.82 Å². The summed E-state index contributed by atoms with van der Waals surface area (Å²) in [6.45, 7) is 4.44. The lowest BCUT2D eigenvalue weighted by molar-refractivity contribution is 0.205. The summed E-state index contributed by atoms with van der Waals surface area (Å²) in [6, 6.07) is 23.3. The molecule has 2 amide bonds. The Kier molecular flexibility index (Phi) is 6.62. The van der Waals surface area contributed by atoms with Crippen LogP contribution < -0.4 is 5.32 Å². The van der Waals surface area contributed by atoms with Gasteiger partial charge in [-0.25, -0.2) is 9.18 Å². The summed E-state index contributed by atoms with van der Waals surface area (Å²) >= 11 is 0. The number of halogens is 1. The molecule has 0 fully saturated rings. The Hall–Kier alpha value is -4.26. The number of amides is 2. The van der Waals surface area contributed by atoms with Crippen LogP contribution in [0.3, 0.4) is 0 Å². The average Bonchev–Trinajstić information content (AvgIpc) is 3.38. The zero-order valence-corrected chi connectivity index (χ0v) is 20.2. The van der Waals surface area contributed by atoms with Crippen LogP contribution in [-0.4, -0.2) is 27.6 Å². The van der Waals surface area contributed by atoms with Gasteiger partial charge in [0.15, 0.2) is 0 Å². The van der Waals surface area contributed by atoms with Gasteiger partial charge in [-0.1, -0.05) is 78.8 Å². The Balaban J connectivity index is 1.53. The molecule has 4 aromatic rings. The highest BCUT2D eigenvalue weighted by Gasteiger charge is 2.35. The molecule has 0 aliphatic carbocycles. The van der Waals surface area contributed by atoms with Crippen molar-refractivity contribution >= 4 is 11.6 Å². The van der Waals surface area contributed by atoms with Gasteiger partial charge in [-0.15, -0.1) is 0 Å². The molecule has 5 rings (SSSR count). The fourth-order valence-electron chi connectivity index (χ4n) is 4.49. The van der Waals surface area contributed by atoms with Crippen molar-refractivity contribution in [1.29, 1.82) is 0 Å². The highest BCUT2D eigenvalue weighted by atomic mass is 19.1. The molecule has 0 radical (unpaired) electrons. The summed E-state index contributed by atoms with van der Waals surface area (Å²) in [7, 11) is 0. The number of carbonyl (C=O) groups is 1. The molecule has 1 N–H and O–H groups in total. The third kappa shape index (κ3) is 4.77. The number of hydrogen-bond donors (Lipinski definition) is 1. The fourth-order valence-corrected chi connectivity index (χ4v) is 4.49. The Morgan fingerprint density at radius 1 is 1.00 bits per heavy atom. The van der Waals surface area contributed by atoms with Gasteiger partial charge in [-0.3, -0.25) is 4.90 Å². The molecular weight excluding hydrogens is 455 g/mol. The van der Waals surface area contributed by atoms with E-state index in [-0.39, 0.29) is 11.8 Å². The van der Waals surface area contributed by atoms with Gasteiger partial charge in [-0.05, 0) is 48.6 Å². The van der Waals surface area contributed by atoms with Crippen molar-refractivity contribution in [3.63, 3.8) is 0 Å². The second-order valence-corrected chi connectivity index (χ2v) is 8.80. The third-order valence-corrected chi connectivity index (χ3v) is 6.52. The van der Waals surface area contributed by atoms with Crippen molar-refractivity contribution in [1.82, 2.24) is 20.4 Å². The van der Waals surface area contributed by atoms with Gasteiger partial charge >= 0.3 is 6.03 Å². The number of nitrogens with zero attached hydrogens (tertiary/aromatic N) is 3. The Bertz CT molecular complexity index is 1400. The van der Waals surface area contributed by atoms with Crippen molar-refractivity contribution in [2.24, 2.45) is 0 Å². The zero-order valence-electron chi connectivity index (χ0n) is 20.2. The van der Waals surface area contributed by atoms with Crippen molar-refractivity contribution in [2.45, 2.75) is 32.7 Å². The zero-order chi connectivity index (χ0) is 25.1. The van der Waals surface area contributed by atoms with Crippen LogP contribution in [0.5, 0.6) is 0 Å². The van der Waals surface area contributed by atoms with E-state index in [1.54, 1.807) is 17.0 Å². The lowest BCUT2D eigenvalue weighted by atomic mass is 9.94. The molecule has 182 valence electrons. The van der Waals surface area contributed by atoms with Crippen molar-refractivity contribution in [2.75, 3.05) is 6.54 Å². The quantitative estimate of drug-likeness (QED) is 0.342. The van der Waals surface area contributed by atoms with Gasteiger partial charge in [0.05, 0.1) is 11.6 Å². The topological polar surface area (TPSA) is 71.3 Å². The third-order valence-electron chi connectivity index (χ3n) is 6.52. The first kappa shape index (κ1) is 23.5. The first-order chi connectivity index (χ1) is 17.5. The van der Waals surface area contributed by atoms with Crippen LogP contribution in [0.4, 0.5) is 9.18 Å². The van der Waals surface area contributed by atoms with E-state index in [4.69, 9.17) is 4.52 Å². The van der Waals surface area contributed by atoms with E-state index in [0.717, 1.165) is 17.5 Å². The molecule has 2 heterocycles. The number of rotatable bonds is 7. The normalized spacial score (nSPS) is 15.8. The molecule has 3 aromatic carbocycles. The van der Waals surface area contributed by atoms with Gasteiger partial charge in [0.25, 0.3) is 5.89 Å². The highest BCUT2D eigenvalue weighted by Crippen LogP contribution is 2.37. The van der Waals surface area contributed by atoms with E-state index in [1.165, 1.54) is 17.7 Å². The molecule has 1 aliphatic heterocycles. The van der Waals surface area contributed by atoms with Crippen molar-refractivity contribution in [3.8, 4) is 11.4 Å². The first-order valence-electron chi connectivity index (χ1n) is 12.0. The van der Waals surface area contributed by atoms with E-state index >= 15 is 0 Å². The molecule has 0 bridgehead atoms. The molecule has 1 aliphatic rings. The van der Waals surface area contributed by atoms with Crippen LogP contribution >= 0.6 is 0 Å². The van der Waals surface area contributed by atoms with Crippen molar-refractivity contribution in [3.05, 3.63) is 113 Å². The molecule has 0 saturated heterocycles. The number of nitrogens with one attached hydrogen (secondary N) is 1. The number of hydrogen-bond acceptors (Lipinski definition) is 4. The molecule has 7 heteroatoms. The molecule has 1 unspecified atom stereocenters. The predicted molar refractivity (Wildman–Crippen MR) is 136 cm³/mol. The standard InChI is InChI=1S/C29H27FN4O2/c1-3-20-12-14-22(15-13-20)27-32-28(36-33-27)25-19(2)34(17-16-21-8-5-4-6-9-21)29(35)31-26(25)23-10-7-11-24(30)18-23/h4-15,18,26H,3,16-17H2,1-2H3,(H,31,35). The lowest BCUT2D eigenvalue weighted by Gasteiger charge is -2.35. The molecule has 0 spiro atoms. The van der Waals surface area contributed by atoms with E-state index < -0.39 is 6.04 Å². The predicted octanol–water partition coefficient (Wildman–Crippen LogP) is 6.18. The first-order valence-corrected chi connectivity index (χ1v) is 12.0. The summed E-state index contributed by atoms with van der Waals surface area (Å²) in [5.41, 5.74) is 5.13. The molecule has 1 aromatic heterocycles. The summed E-state index contributed by atoms with van der Waals surface area (Å²) in [4.78, 5) is 19.5. The van der Waals surface area contributed by atoms with E-state index in [0.29, 0.717) is 41.5 Å². The van der Waals surface area contributed by atoms with E-state index in [1.807, 2.05) is 61.5 Å². The number of aryl methyl sites for hydroxylation is 1. The second kappa shape index (κ2) is 10.2. The average molecular weight is 483 g/mol. The minimum absolute atomic E-state index is 0.253. The number of allylic oxidation sites excluding steroid dienone is 1. The van der Waals surface area contributed by atoms with Gasteiger partial charge in [-0.2, -0.15) is 4.98 Å². The van der Waals surface area contributed by atoms with Crippen LogP contribution in [-0.2, 0) is 12.8 Å². The number of urea groups is 1. The Morgan fingerprint density at radius 2 is 1.78 bits per heavy atom. The van der Waals surface area contributed by atoms with E-state index in [2.05, 4.69) is 22.4 Å². The molecule has 6 nitrogen and oxygen atoms in total.